The highest BCUT2D eigenvalue weighted by molar-refractivity contribution is 14.1. The third-order valence-electron chi connectivity index (χ3n) is 3.96. The van der Waals surface area contributed by atoms with E-state index in [1.807, 2.05) is 12.1 Å². The second-order valence-corrected chi connectivity index (χ2v) is 7.82. The number of rotatable bonds is 4. The SMILES string of the molecule is C=C(c1cccc(C(=C)c2ccccc2I)c1)c1ccccc1I. The second-order valence-electron chi connectivity index (χ2n) is 5.50. The third kappa shape index (κ3) is 3.64. The van der Waals surface area contributed by atoms with Crippen molar-refractivity contribution in [2.75, 3.05) is 0 Å². The highest BCUT2D eigenvalue weighted by Crippen LogP contribution is 2.30. The molecule has 2 heteroatoms. The molecule has 0 radical (unpaired) electrons. The average Bonchev–Trinajstić information content (AvgIpc) is 2.61. The zero-order chi connectivity index (χ0) is 17.1. The van der Waals surface area contributed by atoms with Crippen LogP contribution in [0.25, 0.3) is 11.1 Å². The van der Waals surface area contributed by atoms with Crippen LogP contribution in [0.1, 0.15) is 22.3 Å². The molecule has 24 heavy (non-hydrogen) atoms. The van der Waals surface area contributed by atoms with Crippen LogP contribution in [0.4, 0.5) is 0 Å². The molecule has 0 amide bonds. The standard InChI is InChI=1S/C22H16I2/c1-15(19-10-3-5-12-21(19)23)17-8-7-9-18(14-17)16(2)20-11-4-6-13-22(20)24/h3-14H,1-2H2. The van der Waals surface area contributed by atoms with Crippen LogP contribution in [0.3, 0.4) is 0 Å². The first-order valence-corrected chi connectivity index (χ1v) is 9.72. The number of hydrogen-bond donors (Lipinski definition) is 0. The molecule has 118 valence electrons. The summed E-state index contributed by atoms with van der Waals surface area (Å²) in [6.45, 7) is 8.62. The van der Waals surface area contributed by atoms with Crippen molar-refractivity contribution >= 4 is 56.3 Å². The smallest absolute Gasteiger partial charge is 0.0208 e. The van der Waals surface area contributed by atoms with Crippen LogP contribution in [0.2, 0.25) is 0 Å². The number of hydrogen-bond acceptors (Lipinski definition) is 0. The van der Waals surface area contributed by atoms with Crippen LogP contribution in [0, 0.1) is 7.14 Å². The minimum absolute atomic E-state index is 1.04. The van der Waals surface area contributed by atoms with E-state index in [1.54, 1.807) is 0 Å². The van der Waals surface area contributed by atoms with E-state index in [0.717, 1.165) is 22.3 Å². The van der Waals surface area contributed by atoms with Crippen molar-refractivity contribution in [2.24, 2.45) is 0 Å². The summed E-state index contributed by atoms with van der Waals surface area (Å²) in [7, 11) is 0. The lowest BCUT2D eigenvalue weighted by molar-refractivity contribution is 1.48. The number of halogens is 2. The summed E-state index contributed by atoms with van der Waals surface area (Å²) >= 11 is 4.72. The fourth-order valence-electron chi connectivity index (χ4n) is 2.62. The molecule has 0 atom stereocenters. The van der Waals surface area contributed by atoms with Gasteiger partial charge in [0.2, 0.25) is 0 Å². The maximum atomic E-state index is 4.31. The Morgan fingerprint density at radius 1 is 0.583 bits per heavy atom. The Hall–Kier alpha value is -1.40. The zero-order valence-corrected chi connectivity index (χ0v) is 17.4. The van der Waals surface area contributed by atoms with E-state index in [1.165, 1.54) is 18.3 Å². The van der Waals surface area contributed by atoms with Gasteiger partial charge in [0.25, 0.3) is 0 Å². The van der Waals surface area contributed by atoms with Crippen LogP contribution in [0.15, 0.2) is 86.0 Å². The summed E-state index contributed by atoms with van der Waals surface area (Å²) in [4.78, 5) is 0. The normalized spacial score (nSPS) is 10.4. The van der Waals surface area contributed by atoms with Crippen LogP contribution >= 0.6 is 45.2 Å². The summed E-state index contributed by atoms with van der Waals surface area (Å²) in [6.07, 6.45) is 0. The van der Waals surface area contributed by atoms with E-state index < -0.39 is 0 Å². The lowest BCUT2D eigenvalue weighted by atomic mass is 9.94. The Morgan fingerprint density at radius 3 is 1.42 bits per heavy atom. The Labute approximate surface area is 170 Å². The van der Waals surface area contributed by atoms with Crippen molar-refractivity contribution < 1.29 is 0 Å². The van der Waals surface area contributed by atoms with Gasteiger partial charge in [0.15, 0.2) is 0 Å². The van der Waals surface area contributed by atoms with Gasteiger partial charge >= 0.3 is 0 Å². The molecule has 3 aromatic rings. The van der Waals surface area contributed by atoms with Crippen LogP contribution in [-0.2, 0) is 0 Å². The van der Waals surface area contributed by atoms with Gasteiger partial charge in [-0.3, -0.25) is 0 Å². The first-order chi connectivity index (χ1) is 11.6. The number of benzene rings is 3. The zero-order valence-electron chi connectivity index (χ0n) is 13.1. The van der Waals surface area contributed by atoms with Gasteiger partial charge in [-0.05, 0) is 96.8 Å². The molecule has 0 fully saturated rings. The minimum Gasteiger partial charge on any atom is -0.0905 e. The van der Waals surface area contributed by atoms with Crippen LogP contribution in [-0.4, -0.2) is 0 Å². The first kappa shape index (κ1) is 17.4. The molecular formula is C22H16I2. The largest absolute Gasteiger partial charge is 0.0905 e. The molecule has 0 unspecified atom stereocenters. The summed E-state index contributed by atoms with van der Waals surface area (Å²) in [6, 6.07) is 25.1. The third-order valence-corrected chi connectivity index (χ3v) is 5.84. The molecule has 0 bridgehead atoms. The van der Waals surface area contributed by atoms with Gasteiger partial charge in [0, 0.05) is 7.14 Å². The van der Waals surface area contributed by atoms with E-state index in [4.69, 9.17) is 0 Å². The topological polar surface area (TPSA) is 0 Å². The fourth-order valence-corrected chi connectivity index (χ4v) is 4.04. The maximum Gasteiger partial charge on any atom is 0.0208 e. The molecule has 3 aromatic carbocycles. The first-order valence-electron chi connectivity index (χ1n) is 7.56. The van der Waals surface area contributed by atoms with Crippen molar-refractivity contribution in [1.82, 2.24) is 0 Å². The highest BCUT2D eigenvalue weighted by atomic mass is 127. The summed E-state index contributed by atoms with van der Waals surface area (Å²) in [5.41, 5.74) is 6.69. The molecular weight excluding hydrogens is 518 g/mol. The van der Waals surface area contributed by atoms with Gasteiger partial charge in [-0.2, -0.15) is 0 Å². The highest BCUT2D eigenvalue weighted by Gasteiger charge is 2.10. The summed E-state index contributed by atoms with van der Waals surface area (Å²) in [5, 5.41) is 0. The van der Waals surface area contributed by atoms with Crippen molar-refractivity contribution in [3.05, 3.63) is 115 Å². The lowest BCUT2D eigenvalue weighted by Gasteiger charge is -2.13. The van der Waals surface area contributed by atoms with E-state index in [9.17, 15) is 0 Å². The van der Waals surface area contributed by atoms with Crippen LogP contribution in [0.5, 0.6) is 0 Å². The Bertz CT molecular complexity index is 850. The molecule has 0 aliphatic carbocycles. The summed E-state index contributed by atoms with van der Waals surface area (Å²) < 4.78 is 2.42. The van der Waals surface area contributed by atoms with Crippen LogP contribution < -0.4 is 0 Å². The molecule has 0 aliphatic rings. The van der Waals surface area contributed by atoms with E-state index in [-0.39, 0.29) is 0 Å². The molecule has 0 heterocycles. The predicted molar refractivity (Wildman–Crippen MR) is 121 cm³/mol. The van der Waals surface area contributed by atoms with Crippen molar-refractivity contribution in [3.8, 4) is 0 Å². The summed E-state index contributed by atoms with van der Waals surface area (Å²) in [5.74, 6) is 0. The molecule has 0 N–H and O–H groups in total. The molecule has 3 rings (SSSR count). The maximum absolute atomic E-state index is 4.31. The van der Waals surface area contributed by atoms with E-state index in [0.29, 0.717) is 0 Å². The molecule has 0 aliphatic heterocycles. The van der Waals surface area contributed by atoms with Gasteiger partial charge in [0.05, 0.1) is 0 Å². The average molecular weight is 534 g/mol. The van der Waals surface area contributed by atoms with Gasteiger partial charge in [-0.25, -0.2) is 0 Å². The van der Waals surface area contributed by atoms with Gasteiger partial charge < -0.3 is 0 Å². The minimum atomic E-state index is 1.04. The quantitative estimate of drug-likeness (QED) is 0.316. The van der Waals surface area contributed by atoms with Crippen molar-refractivity contribution in [2.45, 2.75) is 0 Å². The van der Waals surface area contributed by atoms with E-state index in [2.05, 4.69) is 119 Å². The fraction of sp³-hybridized carbons (Fsp3) is 0. The Balaban J connectivity index is 1.98. The van der Waals surface area contributed by atoms with Gasteiger partial charge in [-0.15, -0.1) is 0 Å². The predicted octanol–water partition coefficient (Wildman–Crippen LogP) is 7.02. The van der Waals surface area contributed by atoms with Gasteiger partial charge in [-0.1, -0.05) is 67.8 Å². The molecule has 0 saturated carbocycles. The van der Waals surface area contributed by atoms with Crippen molar-refractivity contribution in [1.29, 1.82) is 0 Å². The Morgan fingerprint density at radius 2 is 1.00 bits per heavy atom. The molecule has 0 nitrogen and oxygen atoms in total. The second kappa shape index (κ2) is 7.66. The lowest BCUT2D eigenvalue weighted by Crippen LogP contribution is -1.93. The molecule has 0 spiro atoms. The monoisotopic (exact) mass is 534 g/mol. The molecule has 0 saturated heterocycles. The Kier molecular flexibility index (Phi) is 5.56. The van der Waals surface area contributed by atoms with Gasteiger partial charge in [0.1, 0.15) is 0 Å². The van der Waals surface area contributed by atoms with Crippen molar-refractivity contribution in [3.63, 3.8) is 0 Å². The molecule has 0 aromatic heterocycles. The van der Waals surface area contributed by atoms with E-state index >= 15 is 0 Å².